The van der Waals surface area contributed by atoms with Crippen LogP contribution in [0.3, 0.4) is 0 Å². The van der Waals surface area contributed by atoms with Crippen molar-refractivity contribution in [1.29, 1.82) is 0 Å². The first-order valence-corrected chi connectivity index (χ1v) is 7.49. The van der Waals surface area contributed by atoms with E-state index in [0.717, 1.165) is 51.3 Å². The summed E-state index contributed by atoms with van der Waals surface area (Å²) in [5.41, 5.74) is 2.80. The average molecular weight is 290 g/mol. The first kappa shape index (κ1) is 14.5. The maximum atomic E-state index is 11.1. The second-order valence-electron chi connectivity index (χ2n) is 6.03. The number of rotatable bonds is 3. The summed E-state index contributed by atoms with van der Waals surface area (Å²) in [5, 5.41) is 9.10. The molecule has 0 radical (unpaired) electrons. The van der Waals surface area contributed by atoms with E-state index in [1.54, 1.807) is 6.07 Å². The van der Waals surface area contributed by atoms with E-state index in [1.165, 1.54) is 5.56 Å². The van der Waals surface area contributed by atoms with Gasteiger partial charge in [-0.1, -0.05) is 6.07 Å². The molecular weight excluding hydrogens is 268 g/mol. The van der Waals surface area contributed by atoms with E-state index in [1.807, 2.05) is 12.1 Å². The Morgan fingerprint density at radius 2 is 2.24 bits per heavy atom. The van der Waals surface area contributed by atoms with Gasteiger partial charge in [0.25, 0.3) is 0 Å². The Hall–Kier alpha value is -1.43. The van der Waals surface area contributed by atoms with E-state index in [-0.39, 0.29) is 6.10 Å². The van der Waals surface area contributed by atoms with Gasteiger partial charge in [-0.3, -0.25) is 4.90 Å². The van der Waals surface area contributed by atoms with Gasteiger partial charge in [-0.15, -0.1) is 0 Å². The molecule has 0 aliphatic carbocycles. The lowest BCUT2D eigenvalue weighted by Crippen LogP contribution is -2.47. The van der Waals surface area contributed by atoms with Crippen LogP contribution in [0.15, 0.2) is 18.2 Å². The predicted molar refractivity (Wildman–Crippen MR) is 79.6 cm³/mol. The molecule has 1 fully saturated rings. The van der Waals surface area contributed by atoms with Crippen LogP contribution in [0.5, 0.6) is 0 Å². The number of carboxylic acids is 1. The highest BCUT2D eigenvalue weighted by Gasteiger charge is 2.23. The van der Waals surface area contributed by atoms with Gasteiger partial charge in [0.05, 0.1) is 18.3 Å². The lowest BCUT2D eigenvalue weighted by Gasteiger charge is -2.36. The first-order chi connectivity index (χ1) is 10.1. The number of hydrogen-bond acceptors (Lipinski definition) is 4. The second kappa shape index (κ2) is 6.13. The molecule has 2 aliphatic rings. The van der Waals surface area contributed by atoms with Gasteiger partial charge in [0.2, 0.25) is 0 Å². The zero-order valence-electron chi connectivity index (χ0n) is 12.4. The van der Waals surface area contributed by atoms with Crippen molar-refractivity contribution in [3.05, 3.63) is 34.9 Å². The van der Waals surface area contributed by atoms with Crippen molar-refractivity contribution in [2.24, 2.45) is 0 Å². The third-order valence-corrected chi connectivity index (χ3v) is 4.35. The van der Waals surface area contributed by atoms with Gasteiger partial charge in [-0.05, 0) is 36.7 Å². The summed E-state index contributed by atoms with van der Waals surface area (Å²) in [7, 11) is 2.13. The summed E-state index contributed by atoms with van der Waals surface area (Å²) < 4.78 is 5.82. The maximum absolute atomic E-state index is 11.1. The van der Waals surface area contributed by atoms with Crippen LogP contribution in [0.1, 0.15) is 21.5 Å². The lowest BCUT2D eigenvalue weighted by molar-refractivity contribution is -0.0373. The minimum Gasteiger partial charge on any atom is -0.478 e. The first-order valence-electron chi connectivity index (χ1n) is 7.49. The van der Waals surface area contributed by atoms with Gasteiger partial charge in [0, 0.05) is 32.7 Å². The molecule has 0 amide bonds. The molecule has 0 aromatic heterocycles. The summed E-state index contributed by atoms with van der Waals surface area (Å²) in [6.07, 6.45) is 1.24. The van der Waals surface area contributed by atoms with Gasteiger partial charge in [0.1, 0.15) is 0 Å². The zero-order chi connectivity index (χ0) is 14.8. The van der Waals surface area contributed by atoms with Crippen molar-refractivity contribution in [3.8, 4) is 0 Å². The fourth-order valence-corrected chi connectivity index (χ4v) is 3.17. The summed E-state index contributed by atoms with van der Waals surface area (Å²) in [6.45, 7) is 5.53. The largest absolute Gasteiger partial charge is 0.478 e. The van der Waals surface area contributed by atoms with Crippen LogP contribution in [0.25, 0.3) is 0 Å². The van der Waals surface area contributed by atoms with Crippen LogP contribution in [0, 0.1) is 0 Å². The van der Waals surface area contributed by atoms with Gasteiger partial charge in [-0.25, -0.2) is 4.79 Å². The van der Waals surface area contributed by atoms with Crippen molar-refractivity contribution in [1.82, 2.24) is 9.80 Å². The number of carbonyl (C=O) groups is 1. The Morgan fingerprint density at radius 3 is 3.00 bits per heavy atom. The molecule has 1 N–H and O–H groups in total. The number of carboxylic acid groups (broad SMARTS) is 1. The van der Waals surface area contributed by atoms with Crippen molar-refractivity contribution in [3.63, 3.8) is 0 Å². The molecule has 5 nitrogen and oxygen atoms in total. The van der Waals surface area contributed by atoms with Crippen LogP contribution >= 0.6 is 0 Å². The number of ether oxygens (including phenoxy) is 1. The van der Waals surface area contributed by atoms with Crippen molar-refractivity contribution in [2.75, 3.05) is 39.8 Å². The van der Waals surface area contributed by atoms with E-state index in [2.05, 4.69) is 16.8 Å². The smallest absolute Gasteiger partial charge is 0.335 e. The topological polar surface area (TPSA) is 53.0 Å². The fourth-order valence-electron chi connectivity index (χ4n) is 3.17. The molecule has 0 bridgehead atoms. The molecule has 1 saturated heterocycles. The number of benzene rings is 1. The van der Waals surface area contributed by atoms with E-state index in [9.17, 15) is 4.79 Å². The van der Waals surface area contributed by atoms with E-state index in [0.29, 0.717) is 5.56 Å². The molecule has 1 aromatic carbocycles. The molecule has 0 spiro atoms. The third-order valence-electron chi connectivity index (χ3n) is 4.35. The molecule has 1 aromatic rings. The van der Waals surface area contributed by atoms with Crippen LogP contribution in [-0.2, 0) is 17.7 Å². The molecule has 21 heavy (non-hydrogen) atoms. The minimum absolute atomic E-state index is 0.257. The highest BCUT2D eigenvalue weighted by atomic mass is 16.5. The molecule has 5 heteroatoms. The Labute approximate surface area is 125 Å². The van der Waals surface area contributed by atoms with Crippen LogP contribution < -0.4 is 0 Å². The highest BCUT2D eigenvalue weighted by molar-refractivity contribution is 5.87. The number of hydrogen-bond donors (Lipinski definition) is 1. The van der Waals surface area contributed by atoms with Gasteiger partial charge in [0.15, 0.2) is 0 Å². The lowest BCUT2D eigenvalue weighted by atomic mass is 9.97. The van der Waals surface area contributed by atoms with Gasteiger partial charge < -0.3 is 14.7 Å². The minimum atomic E-state index is -0.854. The standard InChI is InChI=1S/C16H22N2O3/c1-17-6-7-21-15(10-17)11-18-5-4-12-2-3-13(16(19)20)8-14(12)9-18/h2-3,8,15H,4-7,9-11H2,1H3,(H,19,20). The zero-order valence-corrected chi connectivity index (χ0v) is 12.4. The molecule has 1 unspecified atom stereocenters. The van der Waals surface area contributed by atoms with E-state index in [4.69, 9.17) is 9.84 Å². The fraction of sp³-hybridized carbons (Fsp3) is 0.562. The van der Waals surface area contributed by atoms with Gasteiger partial charge in [-0.2, -0.15) is 0 Å². The van der Waals surface area contributed by atoms with Crippen LogP contribution in [0.2, 0.25) is 0 Å². The molecule has 0 saturated carbocycles. The maximum Gasteiger partial charge on any atom is 0.335 e. The Balaban J connectivity index is 1.66. The third kappa shape index (κ3) is 3.43. The predicted octanol–water partition coefficient (Wildman–Crippen LogP) is 1.07. The molecule has 2 heterocycles. The molecule has 114 valence electrons. The normalized spacial score (nSPS) is 23.8. The van der Waals surface area contributed by atoms with Gasteiger partial charge >= 0.3 is 5.97 Å². The highest BCUT2D eigenvalue weighted by Crippen LogP contribution is 2.21. The summed E-state index contributed by atoms with van der Waals surface area (Å²) in [5.74, 6) is -0.854. The van der Waals surface area contributed by atoms with Crippen molar-refractivity contribution < 1.29 is 14.6 Å². The Kier molecular flexibility index (Phi) is 4.24. The quantitative estimate of drug-likeness (QED) is 0.902. The van der Waals surface area contributed by atoms with Crippen LogP contribution in [0.4, 0.5) is 0 Å². The summed E-state index contributed by atoms with van der Waals surface area (Å²) in [6, 6.07) is 5.48. The Bertz CT molecular complexity index is 532. The van der Waals surface area contributed by atoms with E-state index < -0.39 is 5.97 Å². The second-order valence-corrected chi connectivity index (χ2v) is 6.03. The number of nitrogens with zero attached hydrogens (tertiary/aromatic N) is 2. The molecular formula is C16H22N2O3. The average Bonchev–Trinajstić information content (AvgIpc) is 2.46. The molecule has 3 rings (SSSR count). The number of likely N-dealkylation sites (N-methyl/N-ethyl adjacent to an activating group) is 1. The molecule has 2 aliphatic heterocycles. The summed E-state index contributed by atoms with van der Waals surface area (Å²) >= 11 is 0. The van der Waals surface area contributed by atoms with E-state index >= 15 is 0 Å². The van der Waals surface area contributed by atoms with Crippen molar-refractivity contribution >= 4 is 5.97 Å². The number of aromatic carboxylic acids is 1. The SMILES string of the molecule is CN1CCOC(CN2CCc3ccc(C(=O)O)cc3C2)C1. The Morgan fingerprint density at radius 1 is 1.38 bits per heavy atom. The summed E-state index contributed by atoms with van der Waals surface area (Å²) in [4.78, 5) is 15.8. The number of fused-ring (bicyclic) bond motifs is 1. The molecule has 1 atom stereocenters. The van der Waals surface area contributed by atoms with Crippen molar-refractivity contribution in [2.45, 2.75) is 19.1 Å². The number of morpholine rings is 1. The van der Waals surface area contributed by atoms with Crippen LogP contribution in [-0.4, -0.2) is 66.8 Å². The monoisotopic (exact) mass is 290 g/mol.